The first kappa shape index (κ1) is 15.5. The Balaban J connectivity index is 2.97. The van der Waals surface area contributed by atoms with Crippen LogP contribution in [0, 0.1) is 0 Å². The molecule has 0 heterocycles. The van der Waals surface area contributed by atoms with Gasteiger partial charge in [-0.2, -0.15) is 0 Å². The Hall–Kier alpha value is -1.59. The Kier molecular flexibility index (Phi) is 5.79. The molecule has 1 atom stereocenters. The van der Waals surface area contributed by atoms with E-state index in [4.69, 9.17) is 22.4 Å². The van der Waals surface area contributed by atoms with Crippen LogP contribution in [0.5, 0.6) is 0 Å². The van der Waals surface area contributed by atoms with Gasteiger partial charge >= 0.3 is 5.97 Å². The molecule has 0 aliphatic carbocycles. The number of aliphatic carboxylic acids is 1. The second-order valence-corrected chi connectivity index (χ2v) is 4.63. The predicted molar refractivity (Wildman–Crippen MR) is 74.3 cm³/mol. The molecule has 0 saturated carbocycles. The Morgan fingerprint density at radius 2 is 1.95 bits per heavy atom. The molecule has 0 saturated heterocycles. The highest BCUT2D eigenvalue weighted by Gasteiger charge is 2.23. The van der Waals surface area contributed by atoms with E-state index in [0.717, 1.165) is 6.42 Å². The fourth-order valence-corrected chi connectivity index (χ4v) is 1.81. The van der Waals surface area contributed by atoms with E-state index in [1.807, 2.05) is 6.92 Å². The fourth-order valence-electron chi connectivity index (χ4n) is 1.69. The summed E-state index contributed by atoms with van der Waals surface area (Å²) in [7, 11) is 0. The normalized spacial score (nSPS) is 11.9. The minimum absolute atomic E-state index is 0.397. The number of hydrogen-bond donors (Lipinski definition) is 2. The maximum Gasteiger partial charge on any atom is 0.323 e. The summed E-state index contributed by atoms with van der Waals surface area (Å²) in [6, 6.07) is 5.71. The van der Waals surface area contributed by atoms with Crippen LogP contribution in [-0.2, 0) is 9.59 Å². The van der Waals surface area contributed by atoms with Crippen molar-refractivity contribution in [1.29, 1.82) is 0 Å². The van der Waals surface area contributed by atoms with Gasteiger partial charge in [-0.1, -0.05) is 24.9 Å². The molecule has 0 aliphatic rings. The number of carboxylic acids is 1. The van der Waals surface area contributed by atoms with Gasteiger partial charge in [0, 0.05) is 10.7 Å². The van der Waals surface area contributed by atoms with E-state index in [0.29, 0.717) is 17.1 Å². The predicted octanol–water partition coefficient (Wildman–Crippen LogP) is 1.89. The summed E-state index contributed by atoms with van der Waals surface area (Å²) in [4.78, 5) is 24.2. The minimum Gasteiger partial charge on any atom is -0.480 e. The zero-order chi connectivity index (χ0) is 14.4. The highest BCUT2D eigenvalue weighted by Crippen LogP contribution is 2.19. The van der Waals surface area contributed by atoms with Gasteiger partial charge in [-0.15, -0.1) is 0 Å². The van der Waals surface area contributed by atoms with Crippen LogP contribution in [0.15, 0.2) is 24.3 Å². The van der Waals surface area contributed by atoms with Crippen molar-refractivity contribution in [3.05, 3.63) is 29.3 Å². The van der Waals surface area contributed by atoms with Crippen LogP contribution in [0.2, 0.25) is 5.02 Å². The van der Waals surface area contributed by atoms with Gasteiger partial charge in [0.05, 0.1) is 6.04 Å². The quantitative estimate of drug-likeness (QED) is 0.835. The van der Waals surface area contributed by atoms with E-state index in [1.54, 1.807) is 24.3 Å². The van der Waals surface area contributed by atoms with Crippen LogP contribution in [-0.4, -0.2) is 29.6 Å². The first-order chi connectivity index (χ1) is 8.95. The number of nitrogens with two attached hydrogens (primary N) is 1. The molecule has 1 aromatic rings. The molecule has 0 aromatic heterocycles. The maximum atomic E-state index is 12.2. The number of amides is 1. The van der Waals surface area contributed by atoms with E-state index in [-0.39, 0.29) is 0 Å². The monoisotopic (exact) mass is 284 g/mol. The summed E-state index contributed by atoms with van der Waals surface area (Å²) in [5, 5.41) is 9.42. The van der Waals surface area contributed by atoms with Gasteiger partial charge in [-0.05, 0) is 30.7 Å². The molecule has 0 unspecified atom stereocenters. The summed E-state index contributed by atoms with van der Waals surface area (Å²) in [6.45, 7) is 1.49. The molecule has 0 fully saturated rings. The van der Waals surface area contributed by atoms with E-state index in [1.165, 1.54) is 4.90 Å². The number of carboxylic acid groups (broad SMARTS) is 1. The first-order valence-electron chi connectivity index (χ1n) is 6.00. The Bertz CT molecular complexity index is 448. The van der Waals surface area contributed by atoms with Crippen molar-refractivity contribution < 1.29 is 14.7 Å². The zero-order valence-electron chi connectivity index (χ0n) is 10.7. The first-order valence-corrected chi connectivity index (χ1v) is 6.37. The van der Waals surface area contributed by atoms with Crippen LogP contribution in [0.25, 0.3) is 0 Å². The van der Waals surface area contributed by atoms with Gasteiger partial charge in [-0.25, -0.2) is 0 Å². The topological polar surface area (TPSA) is 83.6 Å². The zero-order valence-corrected chi connectivity index (χ0v) is 11.4. The van der Waals surface area contributed by atoms with Crippen molar-refractivity contribution in [1.82, 2.24) is 0 Å². The molecule has 1 rings (SSSR count). The van der Waals surface area contributed by atoms with Gasteiger partial charge in [0.2, 0.25) is 5.91 Å². The highest BCUT2D eigenvalue weighted by atomic mass is 35.5. The van der Waals surface area contributed by atoms with Crippen molar-refractivity contribution in [3.8, 4) is 0 Å². The van der Waals surface area contributed by atoms with Crippen LogP contribution >= 0.6 is 11.6 Å². The molecule has 0 bridgehead atoms. The molecule has 1 amide bonds. The van der Waals surface area contributed by atoms with Gasteiger partial charge in [0.15, 0.2) is 0 Å². The molecule has 6 heteroatoms. The summed E-state index contributed by atoms with van der Waals surface area (Å²) >= 11 is 5.77. The van der Waals surface area contributed by atoms with Crippen molar-refractivity contribution in [2.24, 2.45) is 5.73 Å². The van der Waals surface area contributed by atoms with Crippen molar-refractivity contribution in [2.45, 2.75) is 25.8 Å². The Morgan fingerprint density at radius 3 is 2.42 bits per heavy atom. The van der Waals surface area contributed by atoms with Crippen molar-refractivity contribution in [3.63, 3.8) is 0 Å². The highest BCUT2D eigenvalue weighted by molar-refractivity contribution is 6.30. The van der Waals surface area contributed by atoms with E-state index < -0.39 is 24.5 Å². The Labute approximate surface area is 117 Å². The molecular formula is C13H17ClN2O3. The third kappa shape index (κ3) is 4.54. The van der Waals surface area contributed by atoms with E-state index in [2.05, 4.69) is 0 Å². The molecular weight excluding hydrogens is 268 g/mol. The number of hydrogen-bond acceptors (Lipinski definition) is 3. The summed E-state index contributed by atoms with van der Waals surface area (Å²) < 4.78 is 0. The van der Waals surface area contributed by atoms with Crippen molar-refractivity contribution >= 4 is 29.2 Å². The van der Waals surface area contributed by atoms with Gasteiger partial charge in [0.1, 0.15) is 6.54 Å². The van der Waals surface area contributed by atoms with Crippen LogP contribution < -0.4 is 10.6 Å². The number of carbonyl (C=O) groups excluding carboxylic acids is 1. The largest absolute Gasteiger partial charge is 0.480 e. The molecule has 1 aromatic carbocycles. The smallest absolute Gasteiger partial charge is 0.323 e. The van der Waals surface area contributed by atoms with Gasteiger partial charge in [-0.3, -0.25) is 14.5 Å². The lowest BCUT2D eigenvalue weighted by molar-refractivity contribution is -0.136. The van der Waals surface area contributed by atoms with Crippen LogP contribution in [0.4, 0.5) is 5.69 Å². The Morgan fingerprint density at radius 1 is 1.37 bits per heavy atom. The summed E-state index contributed by atoms with van der Waals surface area (Å²) in [5.41, 5.74) is 6.24. The van der Waals surface area contributed by atoms with Crippen LogP contribution in [0.3, 0.4) is 0 Å². The maximum absolute atomic E-state index is 12.2. The van der Waals surface area contributed by atoms with Gasteiger partial charge < -0.3 is 10.8 Å². The molecule has 0 spiro atoms. The summed E-state index contributed by atoms with van der Waals surface area (Å²) in [6.07, 6.45) is 1.27. The standard InChI is InChI=1S/C13H17ClN2O3/c1-2-3-11(15)13(19)16(8-12(17)18)10-6-4-9(14)5-7-10/h4-7,11H,2-3,8,15H2,1H3,(H,17,18)/t11-/m0/s1. The number of anilines is 1. The number of benzene rings is 1. The molecule has 104 valence electrons. The lowest BCUT2D eigenvalue weighted by Gasteiger charge is -2.24. The molecule has 3 N–H and O–H groups in total. The lowest BCUT2D eigenvalue weighted by atomic mass is 10.1. The number of nitrogens with zero attached hydrogens (tertiary/aromatic N) is 1. The molecule has 0 aliphatic heterocycles. The minimum atomic E-state index is -1.09. The second-order valence-electron chi connectivity index (χ2n) is 4.19. The average Bonchev–Trinajstić information content (AvgIpc) is 2.36. The molecule has 19 heavy (non-hydrogen) atoms. The summed E-state index contributed by atoms with van der Waals surface area (Å²) in [5.74, 6) is -1.49. The second kappa shape index (κ2) is 7.11. The van der Waals surface area contributed by atoms with Crippen LogP contribution in [0.1, 0.15) is 19.8 Å². The SMILES string of the molecule is CCC[C@H](N)C(=O)N(CC(=O)O)c1ccc(Cl)cc1. The lowest BCUT2D eigenvalue weighted by Crippen LogP contribution is -2.46. The third-order valence-corrected chi connectivity index (χ3v) is 2.87. The number of halogens is 1. The average molecular weight is 285 g/mol. The number of carbonyl (C=O) groups is 2. The number of rotatable bonds is 6. The van der Waals surface area contributed by atoms with E-state index >= 15 is 0 Å². The van der Waals surface area contributed by atoms with Gasteiger partial charge in [0.25, 0.3) is 0 Å². The third-order valence-electron chi connectivity index (χ3n) is 2.61. The molecule has 5 nitrogen and oxygen atoms in total. The molecule has 0 radical (unpaired) electrons. The van der Waals surface area contributed by atoms with E-state index in [9.17, 15) is 9.59 Å². The fraction of sp³-hybridized carbons (Fsp3) is 0.385. The van der Waals surface area contributed by atoms with Crippen molar-refractivity contribution in [2.75, 3.05) is 11.4 Å².